The molecule has 1 N–H and O–H groups in total. The minimum Gasteiger partial charge on any atom is -0.497 e. The van der Waals surface area contributed by atoms with Crippen LogP contribution in [0.15, 0.2) is 29.3 Å². The molecule has 22 heavy (non-hydrogen) atoms. The van der Waals surface area contributed by atoms with Crippen LogP contribution in [0.4, 0.5) is 0 Å². The molecule has 0 aliphatic carbocycles. The smallest absolute Gasteiger partial charge is 0.193 e. The van der Waals surface area contributed by atoms with E-state index in [2.05, 4.69) is 59.2 Å². The molecule has 1 aliphatic rings. The number of nitrogens with zero attached hydrogens (tertiary/aromatic N) is 3. The fourth-order valence-electron chi connectivity index (χ4n) is 2.88. The quantitative estimate of drug-likeness (QED) is 0.836. The fourth-order valence-corrected chi connectivity index (χ4v) is 2.88. The summed E-state index contributed by atoms with van der Waals surface area (Å²) in [6.45, 7) is 9.17. The van der Waals surface area contributed by atoms with Gasteiger partial charge < -0.3 is 15.0 Å². The summed E-state index contributed by atoms with van der Waals surface area (Å²) in [4.78, 5) is 9.14. The standard InChI is InChI=1S/C17H28N4O/c1-5-21(6-2)16(13-19-17-18-10-11-20(17)3)14-8-7-9-15(12-14)22-4/h7-9,12,16H,5-6,10-11,13H2,1-4H3,(H,18,19). The van der Waals surface area contributed by atoms with Crippen molar-refractivity contribution in [3.05, 3.63) is 29.8 Å². The van der Waals surface area contributed by atoms with Crippen molar-refractivity contribution in [1.82, 2.24) is 15.1 Å². The normalized spacial score (nSPS) is 15.9. The van der Waals surface area contributed by atoms with Gasteiger partial charge in [-0.2, -0.15) is 0 Å². The summed E-state index contributed by atoms with van der Waals surface area (Å²) in [7, 11) is 3.79. The molecule has 0 radical (unpaired) electrons. The zero-order valence-corrected chi connectivity index (χ0v) is 14.2. The monoisotopic (exact) mass is 304 g/mol. The minimum absolute atomic E-state index is 0.307. The fraction of sp³-hybridized carbons (Fsp3) is 0.588. The van der Waals surface area contributed by atoms with Gasteiger partial charge in [0.2, 0.25) is 0 Å². The Balaban J connectivity index is 2.14. The number of nitrogens with one attached hydrogen (secondary N) is 1. The number of aliphatic imine (C=N–C) groups is 1. The second-order valence-electron chi connectivity index (χ2n) is 5.52. The van der Waals surface area contributed by atoms with E-state index in [9.17, 15) is 0 Å². The molecule has 1 unspecified atom stereocenters. The van der Waals surface area contributed by atoms with Crippen LogP contribution in [-0.4, -0.2) is 62.6 Å². The van der Waals surface area contributed by atoms with Gasteiger partial charge in [-0.15, -0.1) is 0 Å². The van der Waals surface area contributed by atoms with Crippen LogP contribution < -0.4 is 10.1 Å². The number of methoxy groups -OCH3 is 1. The highest BCUT2D eigenvalue weighted by Gasteiger charge is 2.20. The topological polar surface area (TPSA) is 40.1 Å². The highest BCUT2D eigenvalue weighted by atomic mass is 16.5. The highest BCUT2D eigenvalue weighted by Crippen LogP contribution is 2.23. The van der Waals surface area contributed by atoms with Crippen LogP contribution >= 0.6 is 0 Å². The molecule has 5 heteroatoms. The van der Waals surface area contributed by atoms with Gasteiger partial charge in [-0.25, -0.2) is 0 Å². The van der Waals surface area contributed by atoms with Gasteiger partial charge in [0.15, 0.2) is 5.96 Å². The van der Waals surface area contributed by atoms with Crippen LogP contribution in [0.3, 0.4) is 0 Å². The Morgan fingerprint density at radius 1 is 1.36 bits per heavy atom. The van der Waals surface area contributed by atoms with E-state index in [1.54, 1.807) is 7.11 Å². The zero-order chi connectivity index (χ0) is 15.9. The average Bonchev–Trinajstić information content (AvgIpc) is 2.96. The SMILES string of the molecule is CCN(CC)C(CNC1=NCCN1C)c1cccc(OC)c1. The van der Waals surface area contributed by atoms with Gasteiger partial charge in [0.1, 0.15) is 5.75 Å². The Morgan fingerprint density at radius 2 is 2.14 bits per heavy atom. The average molecular weight is 304 g/mol. The van der Waals surface area contributed by atoms with Crippen molar-refractivity contribution in [2.24, 2.45) is 4.99 Å². The van der Waals surface area contributed by atoms with Crippen molar-refractivity contribution in [2.45, 2.75) is 19.9 Å². The van der Waals surface area contributed by atoms with Gasteiger partial charge in [0.05, 0.1) is 19.7 Å². The van der Waals surface area contributed by atoms with E-state index < -0.39 is 0 Å². The first kappa shape index (κ1) is 16.6. The van der Waals surface area contributed by atoms with Crippen molar-refractivity contribution in [3.8, 4) is 5.75 Å². The molecule has 0 saturated carbocycles. The number of hydrogen-bond donors (Lipinski definition) is 1. The molecule has 122 valence electrons. The van der Waals surface area contributed by atoms with Crippen LogP contribution in [0.2, 0.25) is 0 Å². The first-order valence-corrected chi connectivity index (χ1v) is 8.07. The highest BCUT2D eigenvalue weighted by molar-refractivity contribution is 5.81. The van der Waals surface area contributed by atoms with Crippen LogP contribution in [0, 0.1) is 0 Å². The van der Waals surface area contributed by atoms with Crippen molar-refractivity contribution >= 4 is 5.96 Å². The lowest BCUT2D eigenvalue weighted by Crippen LogP contribution is -2.42. The van der Waals surface area contributed by atoms with Gasteiger partial charge in [0, 0.05) is 20.1 Å². The van der Waals surface area contributed by atoms with Gasteiger partial charge in [-0.05, 0) is 30.8 Å². The minimum atomic E-state index is 0.307. The molecule has 0 spiro atoms. The van der Waals surface area contributed by atoms with Crippen molar-refractivity contribution in [2.75, 3.05) is 46.9 Å². The van der Waals surface area contributed by atoms with Crippen molar-refractivity contribution < 1.29 is 4.74 Å². The maximum Gasteiger partial charge on any atom is 0.193 e. The Hall–Kier alpha value is -1.75. The first-order valence-electron chi connectivity index (χ1n) is 8.07. The van der Waals surface area contributed by atoms with Crippen LogP contribution in [0.25, 0.3) is 0 Å². The molecular formula is C17H28N4O. The van der Waals surface area contributed by atoms with Crippen LogP contribution in [0.1, 0.15) is 25.5 Å². The maximum atomic E-state index is 5.38. The molecule has 1 aromatic carbocycles. The summed E-state index contributed by atoms with van der Waals surface area (Å²) in [5.41, 5.74) is 1.27. The Morgan fingerprint density at radius 3 is 2.73 bits per heavy atom. The lowest BCUT2D eigenvalue weighted by Gasteiger charge is -2.31. The molecule has 1 aliphatic heterocycles. The van der Waals surface area contributed by atoms with E-state index in [0.717, 1.165) is 44.4 Å². The van der Waals surface area contributed by atoms with E-state index in [1.165, 1.54) is 5.56 Å². The van der Waals surface area contributed by atoms with Crippen molar-refractivity contribution in [1.29, 1.82) is 0 Å². The van der Waals surface area contributed by atoms with E-state index in [4.69, 9.17) is 4.74 Å². The van der Waals surface area contributed by atoms with Crippen LogP contribution in [0.5, 0.6) is 5.75 Å². The molecule has 5 nitrogen and oxygen atoms in total. The molecule has 1 heterocycles. The van der Waals surface area contributed by atoms with Gasteiger partial charge in [-0.1, -0.05) is 26.0 Å². The third-order valence-electron chi connectivity index (χ3n) is 4.24. The van der Waals surface area contributed by atoms with E-state index in [1.807, 2.05) is 6.07 Å². The second kappa shape index (κ2) is 8.03. The summed E-state index contributed by atoms with van der Waals surface area (Å²) in [5.74, 6) is 1.91. The molecule has 0 amide bonds. The van der Waals surface area contributed by atoms with Gasteiger partial charge >= 0.3 is 0 Å². The zero-order valence-electron chi connectivity index (χ0n) is 14.2. The third kappa shape index (κ3) is 3.91. The molecular weight excluding hydrogens is 276 g/mol. The largest absolute Gasteiger partial charge is 0.497 e. The number of likely N-dealkylation sites (N-methyl/N-ethyl adjacent to an activating group) is 2. The summed E-state index contributed by atoms with van der Waals surface area (Å²) in [5, 5.41) is 3.51. The summed E-state index contributed by atoms with van der Waals surface area (Å²) < 4.78 is 5.38. The lowest BCUT2D eigenvalue weighted by atomic mass is 10.0. The second-order valence-corrected chi connectivity index (χ2v) is 5.52. The molecule has 2 rings (SSSR count). The molecule has 0 saturated heterocycles. The molecule has 0 bridgehead atoms. The predicted octanol–water partition coefficient (Wildman–Crippen LogP) is 1.97. The summed E-state index contributed by atoms with van der Waals surface area (Å²) in [6, 6.07) is 8.66. The third-order valence-corrected chi connectivity index (χ3v) is 4.24. The van der Waals surface area contributed by atoms with Gasteiger partial charge in [0.25, 0.3) is 0 Å². The van der Waals surface area contributed by atoms with Gasteiger partial charge in [-0.3, -0.25) is 9.89 Å². The first-order chi connectivity index (χ1) is 10.7. The lowest BCUT2D eigenvalue weighted by molar-refractivity contribution is 0.218. The number of ether oxygens (including phenoxy) is 1. The number of benzene rings is 1. The molecule has 1 aromatic rings. The number of guanidine groups is 1. The molecule has 0 fully saturated rings. The maximum absolute atomic E-state index is 5.38. The number of rotatable bonds is 7. The molecule has 0 aromatic heterocycles. The summed E-state index contributed by atoms with van der Waals surface area (Å²) in [6.07, 6.45) is 0. The summed E-state index contributed by atoms with van der Waals surface area (Å²) >= 11 is 0. The molecule has 1 atom stereocenters. The van der Waals surface area contributed by atoms with Crippen molar-refractivity contribution in [3.63, 3.8) is 0 Å². The van der Waals surface area contributed by atoms with E-state index in [0.29, 0.717) is 6.04 Å². The number of hydrogen-bond acceptors (Lipinski definition) is 5. The van der Waals surface area contributed by atoms with Crippen LogP contribution in [-0.2, 0) is 0 Å². The Kier molecular flexibility index (Phi) is 6.07. The van der Waals surface area contributed by atoms with E-state index >= 15 is 0 Å². The predicted molar refractivity (Wildman–Crippen MR) is 91.6 cm³/mol. The van der Waals surface area contributed by atoms with E-state index in [-0.39, 0.29) is 0 Å². The Labute approximate surface area is 134 Å². The Bertz CT molecular complexity index is 499.